The molecule has 0 radical (unpaired) electrons. The van der Waals surface area contributed by atoms with Crippen LogP contribution >= 0.6 is 23.2 Å². The molecule has 1 saturated heterocycles. The first-order valence-corrected chi connectivity index (χ1v) is 7.98. The number of nitrogens with one attached hydrogen (secondary N) is 1. The predicted molar refractivity (Wildman–Crippen MR) is 85.7 cm³/mol. The fourth-order valence-corrected chi connectivity index (χ4v) is 3.39. The Kier molecular flexibility index (Phi) is 6.29. The van der Waals surface area contributed by atoms with Crippen molar-refractivity contribution >= 4 is 23.2 Å². The van der Waals surface area contributed by atoms with Crippen LogP contribution in [-0.2, 0) is 15.9 Å². The van der Waals surface area contributed by atoms with E-state index in [1.165, 1.54) is 0 Å². The van der Waals surface area contributed by atoms with Gasteiger partial charge in [0.2, 0.25) is 0 Å². The summed E-state index contributed by atoms with van der Waals surface area (Å²) in [4.78, 5) is 0. The average molecular weight is 333 g/mol. The molecule has 2 rings (SSSR count). The van der Waals surface area contributed by atoms with Gasteiger partial charge >= 0.3 is 0 Å². The number of halogens is 2. The Balaban J connectivity index is 2.20. The zero-order chi connectivity index (χ0) is 15.3. The van der Waals surface area contributed by atoms with Crippen molar-refractivity contribution in [3.8, 4) is 0 Å². The third-order valence-corrected chi connectivity index (χ3v) is 4.63. The smallest absolute Gasteiger partial charge is 0.0895 e. The van der Waals surface area contributed by atoms with Crippen LogP contribution in [-0.4, -0.2) is 31.5 Å². The van der Waals surface area contributed by atoms with Crippen LogP contribution in [0.3, 0.4) is 0 Å². The fourth-order valence-electron chi connectivity index (χ4n) is 2.90. The average Bonchev–Trinajstić information content (AvgIpc) is 2.47. The normalized spacial score (nSPS) is 19.4. The highest BCUT2D eigenvalue weighted by Crippen LogP contribution is 2.32. The second-order valence-electron chi connectivity index (χ2n) is 5.27. The molecule has 0 spiro atoms. The van der Waals surface area contributed by atoms with Crippen molar-refractivity contribution in [3.05, 3.63) is 33.8 Å². The van der Waals surface area contributed by atoms with E-state index < -0.39 is 0 Å². The molecule has 0 aliphatic carbocycles. The lowest BCUT2D eigenvalue weighted by Crippen LogP contribution is -2.58. The molecule has 1 fully saturated rings. The molecule has 0 bridgehead atoms. The zero-order valence-corrected chi connectivity index (χ0v) is 13.7. The number of hydrogen-bond acceptors (Lipinski definition) is 4. The highest BCUT2D eigenvalue weighted by molar-refractivity contribution is 6.35. The summed E-state index contributed by atoms with van der Waals surface area (Å²) >= 11 is 12.2. The summed E-state index contributed by atoms with van der Waals surface area (Å²) in [5.74, 6) is 5.81. The standard InChI is InChI=1S/C15H22Cl2N2O2/c1-2-21-15(5-7-20-8-6-15)14(19-18)9-11-3-4-12(16)10-13(11)17/h3-4,10,14,19H,2,5-9,18H2,1H3. The molecule has 118 valence electrons. The van der Waals surface area contributed by atoms with Gasteiger partial charge in [-0.3, -0.25) is 11.3 Å². The molecule has 1 aromatic carbocycles. The lowest BCUT2D eigenvalue weighted by molar-refractivity contribution is -0.126. The van der Waals surface area contributed by atoms with Crippen LogP contribution in [0.25, 0.3) is 0 Å². The molecule has 21 heavy (non-hydrogen) atoms. The molecule has 1 heterocycles. The van der Waals surface area contributed by atoms with Crippen LogP contribution in [0, 0.1) is 0 Å². The van der Waals surface area contributed by atoms with Crippen LogP contribution in [0.15, 0.2) is 18.2 Å². The monoisotopic (exact) mass is 332 g/mol. The van der Waals surface area contributed by atoms with Gasteiger partial charge in [0.15, 0.2) is 0 Å². The van der Waals surface area contributed by atoms with E-state index in [-0.39, 0.29) is 11.6 Å². The first-order valence-electron chi connectivity index (χ1n) is 7.23. The molecule has 1 unspecified atom stereocenters. The van der Waals surface area contributed by atoms with Crippen molar-refractivity contribution in [1.82, 2.24) is 5.43 Å². The van der Waals surface area contributed by atoms with Crippen molar-refractivity contribution in [2.24, 2.45) is 5.84 Å². The summed E-state index contributed by atoms with van der Waals surface area (Å²) in [6, 6.07) is 5.50. The minimum Gasteiger partial charge on any atom is -0.381 e. The first-order chi connectivity index (χ1) is 10.1. The van der Waals surface area contributed by atoms with Crippen LogP contribution in [0.5, 0.6) is 0 Å². The Morgan fingerprint density at radius 1 is 1.38 bits per heavy atom. The molecular formula is C15H22Cl2N2O2. The molecule has 0 amide bonds. The third kappa shape index (κ3) is 4.09. The fraction of sp³-hybridized carbons (Fsp3) is 0.600. The van der Waals surface area contributed by atoms with E-state index in [4.69, 9.17) is 38.5 Å². The van der Waals surface area contributed by atoms with E-state index in [0.29, 0.717) is 36.3 Å². The highest BCUT2D eigenvalue weighted by Gasteiger charge is 2.41. The lowest BCUT2D eigenvalue weighted by atomic mass is 9.83. The van der Waals surface area contributed by atoms with E-state index in [2.05, 4.69) is 5.43 Å². The van der Waals surface area contributed by atoms with Crippen molar-refractivity contribution in [3.63, 3.8) is 0 Å². The summed E-state index contributed by atoms with van der Waals surface area (Å²) in [6.07, 6.45) is 2.33. The van der Waals surface area contributed by atoms with Crippen LogP contribution in [0.2, 0.25) is 10.0 Å². The van der Waals surface area contributed by atoms with E-state index in [1.807, 2.05) is 19.1 Å². The van der Waals surface area contributed by atoms with E-state index in [0.717, 1.165) is 18.4 Å². The van der Waals surface area contributed by atoms with E-state index in [9.17, 15) is 0 Å². The van der Waals surface area contributed by atoms with Crippen molar-refractivity contribution in [1.29, 1.82) is 0 Å². The van der Waals surface area contributed by atoms with Gasteiger partial charge in [0.1, 0.15) is 0 Å². The maximum absolute atomic E-state index is 6.27. The van der Waals surface area contributed by atoms with Crippen LogP contribution in [0.1, 0.15) is 25.3 Å². The largest absolute Gasteiger partial charge is 0.381 e. The van der Waals surface area contributed by atoms with Gasteiger partial charge in [0.25, 0.3) is 0 Å². The molecule has 0 saturated carbocycles. The van der Waals surface area contributed by atoms with E-state index >= 15 is 0 Å². The second kappa shape index (κ2) is 7.77. The summed E-state index contributed by atoms with van der Waals surface area (Å²) in [6.45, 7) is 4.02. The summed E-state index contributed by atoms with van der Waals surface area (Å²) in [5, 5.41) is 1.29. The Morgan fingerprint density at radius 2 is 2.10 bits per heavy atom. The number of ether oxygens (including phenoxy) is 2. The van der Waals surface area contributed by atoms with Gasteiger partial charge in [-0.15, -0.1) is 0 Å². The highest BCUT2D eigenvalue weighted by atomic mass is 35.5. The van der Waals surface area contributed by atoms with Gasteiger partial charge in [-0.25, -0.2) is 0 Å². The molecule has 1 aliphatic heterocycles. The molecule has 0 aromatic heterocycles. The molecule has 3 N–H and O–H groups in total. The Morgan fingerprint density at radius 3 is 2.67 bits per heavy atom. The van der Waals surface area contributed by atoms with Crippen molar-refractivity contribution in [2.45, 2.75) is 37.8 Å². The van der Waals surface area contributed by atoms with Gasteiger partial charge in [-0.05, 0) is 31.0 Å². The second-order valence-corrected chi connectivity index (χ2v) is 6.11. The number of benzene rings is 1. The minimum absolute atomic E-state index is 0.0278. The summed E-state index contributed by atoms with van der Waals surface area (Å²) < 4.78 is 11.5. The minimum atomic E-state index is -0.315. The zero-order valence-electron chi connectivity index (χ0n) is 12.2. The summed E-state index contributed by atoms with van der Waals surface area (Å²) in [7, 11) is 0. The van der Waals surface area contributed by atoms with Crippen LogP contribution < -0.4 is 11.3 Å². The van der Waals surface area contributed by atoms with Gasteiger partial charge < -0.3 is 9.47 Å². The number of rotatable bonds is 6. The number of hydrogen-bond donors (Lipinski definition) is 2. The van der Waals surface area contributed by atoms with Gasteiger partial charge in [0.05, 0.1) is 11.6 Å². The van der Waals surface area contributed by atoms with Crippen molar-refractivity contribution in [2.75, 3.05) is 19.8 Å². The molecular weight excluding hydrogens is 311 g/mol. The topological polar surface area (TPSA) is 56.5 Å². The Hall–Kier alpha value is -0.360. The summed E-state index contributed by atoms with van der Waals surface area (Å²) in [5.41, 5.74) is 3.61. The SMILES string of the molecule is CCOC1(C(Cc2ccc(Cl)cc2Cl)NN)CCOCC1. The number of hydrazine groups is 1. The third-order valence-electron chi connectivity index (χ3n) is 4.05. The molecule has 6 heteroatoms. The lowest BCUT2D eigenvalue weighted by Gasteiger charge is -2.43. The first kappa shape index (κ1) is 17.0. The van der Waals surface area contributed by atoms with Gasteiger partial charge in [0, 0.05) is 42.7 Å². The van der Waals surface area contributed by atoms with Crippen LogP contribution in [0.4, 0.5) is 0 Å². The Bertz CT molecular complexity index is 459. The number of nitrogens with two attached hydrogens (primary N) is 1. The van der Waals surface area contributed by atoms with Gasteiger partial charge in [-0.1, -0.05) is 29.3 Å². The van der Waals surface area contributed by atoms with Gasteiger partial charge in [-0.2, -0.15) is 0 Å². The molecule has 1 aromatic rings. The van der Waals surface area contributed by atoms with Crippen molar-refractivity contribution < 1.29 is 9.47 Å². The van der Waals surface area contributed by atoms with E-state index in [1.54, 1.807) is 6.07 Å². The molecule has 4 nitrogen and oxygen atoms in total. The molecule has 1 atom stereocenters. The maximum Gasteiger partial charge on any atom is 0.0895 e. The Labute approximate surface area is 135 Å². The molecule has 1 aliphatic rings. The quantitative estimate of drug-likeness (QED) is 0.621. The predicted octanol–water partition coefficient (Wildman–Crippen LogP) is 2.95. The maximum atomic E-state index is 6.27.